The Labute approximate surface area is 136 Å². The van der Waals surface area contributed by atoms with E-state index in [1.165, 1.54) is 5.56 Å². The van der Waals surface area contributed by atoms with Gasteiger partial charge in [-0.25, -0.2) is 4.98 Å². The number of methoxy groups -OCH3 is 1. The summed E-state index contributed by atoms with van der Waals surface area (Å²) in [5, 5.41) is 3.55. The number of hydrogen-bond acceptors (Lipinski definition) is 4. The van der Waals surface area contributed by atoms with Crippen molar-refractivity contribution in [1.82, 2.24) is 10.3 Å². The van der Waals surface area contributed by atoms with Crippen LogP contribution in [-0.2, 0) is 11.3 Å². The molecular formula is C16H26BrN3O. The van der Waals surface area contributed by atoms with Crippen molar-refractivity contribution in [3.8, 4) is 0 Å². The van der Waals surface area contributed by atoms with E-state index in [-0.39, 0.29) is 5.54 Å². The molecule has 1 aliphatic heterocycles. The van der Waals surface area contributed by atoms with Crippen molar-refractivity contribution in [2.45, 2.75) is 51.8 Å². The maximum Gasteiger partial charge on any atom is 0.133 e. The van der Waals surface area contributed by atoms with E-state index in [4.69, 9.17) is 4.74 Å². The molecule has 21 heavy (non-hydrogen) atoms. The average Bonchev–Trinajstić information content (AvgIpc) is 2.45. The Morgan fingerprint density at radius 2 is 2.05 bits per heavy atom. The van der Waals surface area contributed by atoms with Crippen molar-refractivity contribution in [2.24, 2.45) is 0 Å². The molecule has 0 saturated carbocycles. The molecule has 118 valence electrons. The summed E-state index contributed by atoms with van der Waals surface area (Å²) in [5.41, 5.74) is 1.35. The van der Waals surface area contributed by atoms with E-state index in [9.17, 15) is 0 Å². The van der Waals surface area contributed by atoms with E-state index in [1.54, 1.807) is 7.11 Å². The van der Waals surface area contributed by atoms with Gasteiger partial charge in [0.05, 0.1) is 6.10 Å². The lowest BCUT2D eigenvalue weighted by Gasteiger charge is -2.33. The SMILES string of the molecule is COC1CCN(c2ncc(Br)cc2CNC(C)(C)C)CC1. The minimum Gasteiger partial charge on any atom is -0.381 e. The fourth-order valence-electron chi connectivity index (χ4n) is 2.55. The lowest BCUT2D eigenvalue weighted by molar-refractivity contribution is 0.0817. The van der Waals surface area contributed by atoms with Crippen molar-refractivity contribution in [1.29, 1.82) is 0 Å². The van der Waals surface area contributed by atoms with Crippen molar-refractivity contribution < 1.29 is 4.74 Å². The van der Waals surface area contributed by atoms with Crippen LogP contribution in [-0.4, -0.2) is 36.8 Å². The molecule has 1 aliphatic rings. The molecule has 0 aromatic carbocycles. The van der Waals surface area contributed by atoms with Crippen LogP contribution >= 0.6 is 15.9 Å². The van der Waals surface area contributed by atoms with Crippen LogP contribution in [0, 0.1) is 0 Å². The number of rotatable bonds is 4. The number of hydrogen-bond donors (Lipinski definition) is 1. The first kappa shape index (κ1) is 16.7. The maximum atomic E-state index is 5.45. The lowest BCUT2D eigenvalue weighted by Crippen LogP contribution is -2.39. The zero-order valence-electron chi connectivity index (χ0n) is 13.4. The highest BCUT2D eigenvalue weighted by Gasteiger charge is 2.22. The molecule has 0 aliphatic carbocycles. The summed E-state index contributed by atoms with van der Waals surface area (Å²) < 4.78 is 6.48. The molecule has 0 atom stereocenters. The Kier molecular flexibility index (Phi) is 5.63. The number of nitrogens with one attached hydrogen (secondary N) is 1. The van der Waals surface area contributed by atoms with E-state index >= 15 is 0 Å². The maximum absolute atomic E-state index is 5.45. The van der Waals surface area contributed by atoms with E-state index < -0.39 is 0 Å². The normalized spacial score (nSPS) is 17.3. The van der Waals surface area contributed by atoms with Crippen LogP contribution in [0.2, 0.25) is 0 Å². The van der Waals surface area contributed by atoms with Gasteiger partial charge in [0, 0.05) is 48.5 Å². The molecule has 1 N–H and O–H groups in total. The van der Waals surface area contributed by atoms with Gasteiger partial charge in [-0.15, -0.1) is 0 Å². The Morgan fingerprint density at radius 3 is 2.62 bits per heavy atom. The van der Waals surface area contributed by atoms with Gasteiger partial charge in [-0.1, -0.05) is 0 Å². The molecule has 0 amide bonds. The summed E-state index contributed by atoms with van der Waals surface area (Å²) in [7, 11) is 1.80. The number of aromatic nitrogens is 1. The highest BCUT2D eigenvalue weighted by molar-refractivity contribution is 9.10. The standard InChI is InChI=1S/C16H26BrN3O/c1-16(2,3)19-10-12-9-13(17)11-18-15(12)20-7-5-14(21-4)6-8-20/h9,11,14,19H,5-8,10H2,1-4H3. The summed E-state index contributed by atoms with van der Waals surface area (Å²) >= 11 is 3.53. The third kappa shape index (κ3) is 4.94. The molecule has 1 fully saturated rings. The van der Waals surface area contributed by atoms with Gasteiger partial charge < -0.3 is 15.0 Å². The summed E-state index contributed by atoms with van der Waals surface area (Å²) in [4.78, 5) is 7.03. The van der Waals surface area contributed by atoms with Gasteiger partial charge in [0.25, 0.3) is 0 Å². The highest BCUT2D eigenvalue weighted by atomic mass is 79.9. The molecule has 0 spiro atoms. The first-order chi connectivity index (χ1) is 9.89. The van der Waals surface area contributed by atoms with Crippen LogP contribution in [0.5, 0.6) is 0 Å². The van der Waals surface area contributed by atoms with Gasteiger partial charge in [0.2, 0.25) is 0 Å². The summed E-state index contributed by atoms with van der Waals surface area (Å²) in [5.74, 6) is 1.10. The van der Waals surface area contributed by atoms with Crippen molar-refractivity contribution in [3.05, 3.63) is 22.3 Å². The molecule has 1 aromatic heterocycles. The Balaban J connectivity index is 2.11. The molecule has 0 bridgehead atoms. The second-order valence-electron chi connectivity index (χ2n) is 6.66. The monoisotopic (exact) mass is 355 g/mol. The molecule has 5 heteroatoms. The Morgan fingerprint density at radius 1 is 1.38 bits per heavy atom. The molecule has 2 rings (SSSR count). The highest BCUT2D eigenvalue weighted by Crippen LogP contribution is 2.25. The first-order valence-electron chi connectivity index (χ1n) is 7.56. The van der Waals surface area contributed by atoms with Crippen LogP contribution in [0.25, 0.3) is 0 Å². The molecule has 0 unspecified atom stereocenters. The van der Waals surface area contributed by atoms with Crippen LogP contribution in [0.4, 0.5) is 5.82 Å². The Hall–Kier alpha value is -0.650. The van der Waals surface area contributed by atoms with E-state index in [2.05, 4.69) is 58.0 Å². The number of nitrogens with zero attached hydrogens (tertiary/aromatic N) is 2. The fraction of sp³-hybridized carbons (Fsp3) is 0.688. The molecule has 4 nitrogen and oxygen atoms in total. The molecule has 1 aromatic rings. The summed E-state index contributed by atoms with van der Waals surface area (Å²) in [6.45, 7) is 9.40. The van der Waals surface area contributed by atoms with Crippen molar-refractivity contribution >= 4 is 21.7 Å². The predicted octanol–water partition coefficient (Wildman–Crippen LogP) is 3.35. The number of ether oxygens (including phenoxy) is 1. The summed E-state index contributed by atoms with van der Waals surface area (Å²) in [6.07, 6.45) is 4.42. The quantitative estimate of drug-likeness (QED) is 0.898. The van der Waals surface area contributed by atoms with Crippen LogP contribution in [0.15, 0.2) is 16.7 Å². The minimum atomic E-state index is 0.0998. The first-order valence-corrected chi connectivity index (χ1v) is 8.35. The lowest BCUT2D eigenvalue weighted by atomic mass is 10.1. The zero-order chi connectivity index (χ0) is 15.5. The largest absolute Gasteiger partial charge is 0.381 e. The second-order valence-corrected chi connectivity index (χ2v) is 7.58. The second kappa shape index (κ2) is 7.07. The molecule has 0 radical (unpaired) electrons. The van der Waals surface area contributed by atoms with Crippen LogP contribution in [0.1, 0.15) is 39.2 Å². The van der Waals surface area contributed by atoms with Crippen LogP contribution < -0.4 is 10.2 Å². The van der Waals surface area contributed by atoms with Gasteiger partial charge in [0.1, 0.15) is 5.82 Å². The number of halogens is 1. The molecule has 1 saturated heterocycles. The fourth-order valence-corrected chi connectivity index (χ4v) is 2.93. The van der Waals surface area contributed by atoms with Crippen molar-refractivity contribution in [3.63, 3.8) is 0 Å². The smallest absolute Gasteiger partial charge is 0.133 e. The van der Waals surface area contributed by atoms with Gasteiger partial charge in [0.15, 0.2) is 0 Å². The predicted molar refractivity (Wildman–Crippen MR) is 90.8 cm³/mol. The van der Waals surface area contributed by atoms with Gasteiger partial charge >= 0.3 is 0 Å². The van der Waals surface area contributed by atoms with Gasteiger partial charge in [-0.3, -0.25) is 0 Å². The zero-order valence-corrected chi connectivity index (χ0v) is 15.0. The number of anilines is 1. The number of pyridine rings is 1. The van der Waals surface area contributed by atoms with Crippen molar-refractivity contribution in [2.75, 3.05) is 25.1 Å². The van der Waals surface area contributed by atoms with Gasteiger partial charge in [-0.05, 0) is 55.6 Å². The average molecular weight is 356 g/mol. The topological polar surface area (TPSA) is 37.4 Å². The minimum absolute atomic E-state index is 0.0998. The van der Waals surface area contributed by atoms with Crippen LogP contribution in [0.3, 0.4) is 0 Å². The van der Waals surface area contributed by atoms with Gasteiger partial charge in [-0.2, -0.15) is 0 Å². The van der Waals surface area contributed by atoms with E-state index in [0.29, 0.717) is 6.10 Å². The summed E-state index contributed by atoms with van der Waals surface area (Å²) in [6, 6.07) is 2.17. The Bertz CT molecular complexity index is 465. The third-order valence-corrected chi connectivity index (χ3v) is 4.23. The number of piperidine rings is 1. The third-order valence-electron chi connectivity index (χ3n) is 3.79. The van der Waals surface area contributed by atoms with E-state index in [1.807, 2.05) is 6.20 Å². The van der Waals surface area contributed by atoms with E-state index in [0.717, 1.165) is 42.8 Å². The molecular weight excluding hydrogens is 330 g/mol. The molecule has 2 heterocycles.